The molecule has 1 fully saturated rings. The lowest BCUT2D eigenvalue weighted by atomic mass is 9.78. The van der Waals surface area contributed by atoms with Crippen LogP contribution in [0.4, 0.5) is 0 Å². The Morgan fingerprint density at radius 1 is 0.739 bits per heavy atom. The van der Waals surface area contributed by atoms with E-state index in [1.54, 1.807) is 0 Å². The topological polar surface area (TPSA) is 20.2 Å². The Morgan fingerprint density at radius 3 is 2.26 bits per heavy atom. The van der Waals surface area contributed by atoms with Crippen molar-refractivity contribution in [3.63, 3.8) is 0 Å². The van der Waals surface area contributed by atoms with Crippen LogP contribution in [0.15, 0.2) is 54.6 Å². The van der Waals surface area contributed by atoms with E-state index in [2.05, 4.69) is 54.6 Å². The van der Waals surface area contributed by atoms with Gasteiger partial charge in [-0.25, -0.2) is 0 Å². The molecule has 1 saturated carbocycles. The highest BCUT2D eigenvalue weighted by Gasteiger charge is 2.27. The second kappa shape index (κ2) is 4.94. The van der Waals surface area contributed by atoms with Crippen molar-refractivity contribution < 1.29 is 5.11 Å². The molecule has 0 aromatic heterocycles. The van der Waals surface area contributed by atoms with E-state index in [4.69, 9.17) is 0 Å². The van der Waals surface area contributed by atoms with Gasteiger partial charge < -0.3 is 5.11 Å². The Balaban J connectivity index is 1.92. The molecule has 4 aromatic carbocycles. The van der Waals surface area contributed by atoms with Crippen LogP contribution in [-0.4, -0.2) is 11.2 Å². The lowest BCUT2D eigenvalue weighted by molar-refractivity contribution is 0.107. The Labute approximate surface area is 135 Å². The first kappa shape index (κ1) is 13.3. The van der Waals surface area contributed by atoms with Crippen molar-refractivity contribution in [2.75, 3.05) is 0 Å². The molecule has 1 N–H and O–H groups in total. The second-order valence-electron chi connectivity index (χ2n) is 6.97. The zero-order valence-corrected chi connectivity index (χ0v) is 13.1. The number of aliphatic hydroxyl groups is 1. The highest BCUT2D eigenvalue weighted by Crippen LogP contribution is 2.42. The summed E-state index contributed by atoms with van der Waals surface area (Å²) >= 11 is 0. The molecule has 1 aliphatic rings. The van der Waals surface area contributed by atoms with Crippen LogP contribution >= 0.6 is 0 Å². The van der Waals surface area contributed by atoms with Crippen LogP contribution in [0.3, 0.4) is 0 Å². The van der Waals surface area contributed by atoms with Gasteiger partial charge in [0, 0.05) is 5.92 Å². The molecule has 1 heteroatoms. The van der Waals surface area contributed by atoms with E-state index in [0.717, 1.165) is 19.3 Å². The van der Waals surface area contributed by atoms with Gasteiger partial charge in [0.1, 0.15) is 0 Å². The summed E-state index contributed by atoms with van der Waals surface area (Å²) in [5.74, 6) is 0.276. The zero-order chi connectivity index (χ0) is 15.4. The molecule has 0 aliphatic heterocycles. The van der Waals surface area contributed by atoms with E-state index in [1.165, 1.54) is 44.3 Å². The monoisotopic (exact) mass is 300 g/mol. The minimum Gasteiger partial charge on any atom is -0.392 e. The lowest BCUT2D eigenvalue weighted by Gasteiger charge is -2.29. The van der Waals surface area contributed by atoms with Crippen LogP contribution < -0.4 is 0 Å². The maximum Gasteiger partial charge on any atom is 0.0608 e. The fourth-order valence-electron chi connectivity index (χ4n) is 4.57. The largest absolute Gasteiger partial charge is 0.392 e. The molecule has 0 spiro atoms. The van der Waals surface area contributed by atoms with Gasteiger partial charge in [-0.1, -0.05) is 67.4 Å². The van der Waals surface area contributed by atoms with E-state index in [1.807, 2.05) is 0 Å². The summed E-state index contributed by atoms with van der Waals surface area (Å²) in [6.07, 6.45) is 4.21. The summed E-state index contributed by atoms with van der Waals surface area (Å²) in [7, 11) is 0. The van der Waals surface area contributed by atoms with Crippen LogP contribution in [0.2, 0.25) is 0 Å². The standard InChI is InChI=1S/C22H20O/c23-20-10-2-1-8-17(20)19-13-16-7-3-5-14-11-12-15-6-4-9-18(19)22(15)21(14)16/h3-7,9,11-13,17,20,23H,1-2,8,10H2. The first-order chi connectivity index (χ1) is 11.3. The van der Waals surface area contributed by atoms with Crippen molar-refractivity contribution in [3.05, 3.63) is 60.2 Å². The van der Waals surface area contributed by atoms with Crippen molar-refractivity contribution in [2.24, 2.45) is 0 Å². The van der Waals surface area contributed by atoms with Gasteiger partial charge in [0.25, 0.3) is 0 Å². The molecule has 1 nitrogen and oxygen atoms in total. The Bertz CT molecular complexity index is 1000. The molecule has 4 aromatic rings. The van der Waals surface area contributed by atoms with Crippen molar-refractivity contribution in [1.82, 2.24) is 0 Å². The summed E-state index contributed by atoms with van der Waals surface area (Å²) in [6.45, 7) is 0. The van der Waals surface area contributed by atoms with Crippen LogP contribution in [-0.2, 0) is 0 Å². The summed E-state index contributed by atoms with van der Waals surface area (Å²) in [6, 6.07) is 19.9. The van der Waals surface area contributed by atoms with Crippen molar-refractivity contribution >= 4 is 32.3 Å². The van der Waals surface area contributed by atoms with E-state index in [9.17, 15) is 5.11 Å². The minimum atomic E-state index is -0.199. The average molecular weight is 300 g/mol. The Kier molecular flexibility index (Phi) is 2.86. The third kappa shape index (κ3) is 1.90. The fraction of sp³-hybridized carbons (Fsp3) is 0.273. The smallest absolute Gasteiger partial charge is 0.0608 e. The number of aliphatic hydroxyl groups excluding tert-OH is 1. The molecule has 1 aliphatic carbocycles. The molecular formula is C22H20O. The molecule has 0 amide bonds. The second-order valence-corrected chi connectivity index (χ2v) is 6.97. The van der Waals surface area contributed by atoms with Gasteiger partial charge in [-0.05, 0) is 50.7 Å². The predicted octanol–water partition coefficient (Wildman–Crippen LogP) is 5.60. The Hall–Kier alpha value is -2.12. The van der Waals surface area contributed by atoms with Gasteiger partial charge in [-0.15, -0.1) is 0 Å². The summed E-state index contributed by atoms with van der Waals surface area (Å²) in [5, 5.41) is 18.6. The molecule has 2 unspecified atom stereocenters. The molecule has 0 saturated heterocycles. The van der Waals surface area contributed by atoms with Crippen molar-refractivity contribution in [2.45, 2.75) is 37.7 Å². The maximum absolute atomic E-state index is 10.6. The molecule has 0 bridgehead atoms. The maximum atomic E-state index is 10.6. The lowest BCUT2D eigenvalue weighted by Crippen LogP contribution is -2.22. The van der Waals surface area contributed by atoms with Gasteiger partial charge in [-0.3, -0.25) is 0 Å². The molecule has 0 heterocycles. The van der Waals surface area contributed by atoms with E-state index >= 15 is 0 Å². The summed E-state index contributed by atoms with van der Waals surface area (Å²) < 4.78 is 0. The first-order valence-electron chi connectivity index (χ1n) is 8.67. The van der Waals surface area contributed by atoms with Crippen molar-refractivity contribution in [1.29, 1.82) is 0 Å². The van der Waals surface area contributed by atoms with Crippen LogP contribution in [0.5, 0.6) is 0 Å². The third-order valence-electron chi connectivity index (χ3n) is 5.67. The molecule has 23 heavy (non-hydrogen) atoms. The van der Waals surface area contributed by atoms with Gasteiger partial charge in [0.15, 0.2) is 0 Å². The van der Waals surface area contributed by atoms with Crippen LogP contribution in [0.1, 0.15) is 37.2 Å². The minimum absolute atomic E-state index is 0.199. The first-order valence-corrected chi connectivity index (χ1v) is 8.67. The van der Waals surface area contributed by atoms with Crippen LogP contribution in [0.25, 0.3) is 32.3 Å². The van der Waals surface area contributed by atoms with Gasteiger partial charge in [0.05, 0.1) is 6.10 Å². The third-order valence-corrected chi connectivity index (χ3v) is 5.67. The molecular weight excluding hydrogens is 280 g/mol. The number of hydrogen-bond acceptors (Lipinski definition) is 1. The number of benzene rings is 4. The Morgan fingerprint density at radius 2 is 1.43 bits per heavy atom. The predicted molar refractivity (Wildman–Crippen MR) is 97.4 cm³/mol. The highest BCUT2D eigenvalue weighted by molar-refractivity contribution is 6.23. The van der Waals surface area contributed by atoms with E-state index < -0.39 is 0 Å². The van der Waals surface area contributed by atoms with Gasteiger partial charge in [-0.2, -0.15) is 0 Å². The highest BCUT2D eigenvalue weighted by atomic mass is 16.3. The molecule has 5 rings (SSSR count). The zero-order valence-electron chi connectivity index (χ0n) is 13.1. The van der Waals surface area contributed by atoms with Gasteiger partial charge in [0.2, 0.25) is 0 Å². The number of rotatable bonds is 1. The molecule has 0 radical (unpaired) electrons. The fourth-order valence-corrected chi connectivity index (χ4v) is 4.57. The summed E-state index contributed by atoms with van der Waals surface area (Å²) in [4.78, 5) is 0. The van der Waals surface area contributed by atoms with E-state index in [0.29, 0.717) is 0 Å². The van der Waals surface area contributed by atoms with Crippen molar-refractivity contribution in [3.8, 4) is 0 Å². The summed E-state index contributed by atoms with van der Waals surface area (Å²) in [5.41, 5.74) is 1.34. The average Bonchev–Trinajstić information content (AvgIpc) is 2.60. The van der Waals surface area contributed by atoms with E-state index in [-0.39, 0.29) is 12.0 Å². The van der Waals surface area contributed by atoms with Gasteiger partial charge >= 0.3 is 0 Å². The number of hydrogen-bond donors (Lipinski definition) is 1. The molecule has 2 atom stereocenters. The normalized spacial score (nSPS) is 22.3. The molecule has 114 valence electrons. The SMILES string of the molecule is OC1CCCCC1c1cc2cccc3ccc4cccc1c4c32. The quantitative estimate of drug-likeness (QED) is 0.453. The van der Waals surface area contributed by atoms with Crippen LogP contribution in [0, 0.1) is 0 Å².